The van der Waals surface area contributed by atoms with Gasteiger partial charge in [-0.3, -0.25) is 14.6 Å². The molecule has 4 N–H and O–H groups in total. The van der Waals surface area contributed by atoms with E-state index in [4.69, 9.17) is 10.5 Å². The minimum Gasteiger partial charge on any atom is -0.460 e. The van der Waals surface area contributed by atoms with Crippen molar-refractivity contribution in [3.63, 3.8) is 0 Å². The predicted molar refractivity (Wildman–Crippen MR) is 70.0 cm³/mol. The van der Waals surface area contributed by atoms with E-state index in [9.17, 15) is 14.4 Å². The lowest BCUT2D eigenvalue weighted by Crippen LogP contribution is -2.45. The topological polar surface area (TPSA) is 131 Å². The quantitative estimate of drug-likeness (QED) is 0.478. The fourth-order valence-electron chi connectivity index (χ4n) is 0.945. The molecular weight excluding hydrogens is 272 g/mol. The Labute approximate surface area is 113 Å². The van der Waals surface area contributed by atoms with Gasteiger partial charge in [-0.2, -0.15) is 5.10 Å². The highest BCUT2D eigenvalue weighted by molar-refractivity contribution is 7.99. The molecule has 19 heavy (non-hydrogen) atoms. The third-order valence-electron chi connectivity index (χ3n) is 2.36. The standard InChI is InChI=1S/C10H16N4O4S/c1-5(10(2,3)11)18-6(15)4-19-8-7(16)12-9(17)14-13-8/h5H,4,11H2,1-3H3,(H2,12,14,16,17). The monoisotopic (exact) mass is 288 g/mol. The van der Waals surface area contributed by atoms with Crippen molar-refractivity contribution in [2.24, 2.45) is 5.73 Å². The van der Waals surface area contributed by atoms with E-state index in [1.165, 1.54) is 0 Å². The number of hydrogen-bond donors (Lipinski definition) is 3. The molecule has 0 spiro atoms. The average molecular weight is 288 g/mol. The van der Waals surface area contributed by atoms with Gasteiger partial charge in [-0.1, -0.05) is 11.8 Å². The van der Waals surface area contributed by atoms with E-state index >= 15 is 0 Å². The Hall–Kier alpha value is -1.61. The molecule has 0 aromatic carbocycles. The number of aromatic nitrogens is 3. The lowest BCUT2D eigenvalue weighted by Gasteiger charge is -2.26. The highest BCUT2D eigenvalue weighted by Crippen LogP contribution is 2.12. The summed E-state index contributed by atoms with van der Waals surface area (Å²) in [5.41, 5.74) is 3.80. The van der Waals surface area contributed by atoms with Crippen molar-refractivity contribution in [3.05, 3.63) is 20.8 Å². The average Bonchev–Trinajstić information content (AvgIpc) is 2.26. The number of nitrogens with two attached hydrogens (primary N) is 1. The first-order valence-electron chi connectivity index (χ1n) is 5.50. The third-order valence-corrected chi connectivity index (χ3v) is 3.29. The number of nitrogens with zero attached hydrogens (tertiary/aromatic N) is 1. The van der Waals surface area contributed by atoms with Gasteiger partial charge in [0, 0.05) is 5.54 Å². The lowest BCUT2D eigenvalue weighted by molar-refractivity contribution is -0.147. The highest BCUT2D eigenvalue weighted by Gasteiger charge is 2.24. The summed E-state index contributed by atoms with van der Waals surface area (Å²) in [7, 11) is 0. The van der Waals surface area contributed by atoms with E-state index in [0.717, 1.165) is 11.8 Å². The Morgan fingerprint density at radius 3 is 2.68 bits per heavy atom. The second kappa shape index (κ2) is 6.02. The third kappa shape index (κ3) is 4.87. The van der Waals surface area contributed by atoms with Gasteiger partial charge < -0.3 is 10.5 Å². The number of H-pyrrole nitrogens is 2. The normalized spacial score (nSPS) is 13.1. The second-order valence-corrected chi connectivity index (χ2v) is 5.52. The molecule has 1 rings (SSSR count). The molecule has 106 valence electrons. The smallest absolute Gasteiger partial charge is 0.342 e. The molecule has 0 amide bonds. The SMILES string of the molecule is CC(OC(=O)CSc1n[nH]c(=O)[nH]c1=O)C(C)(C)N. The van der Waals surface area contributed by atoms with Crippen molar-refractivity contribution in [1.82, 2.24) is 15.2 Å². The fourth-order valence-corrected chi connectivity index (χ4v) is 1.56. The van der Waals surface area contributed by atoms with E-state index in [1.54, 1.807) is 20.8 Å². The molecule has 0 aliphatic heterocycles. The number of nitrogens with one attached hydrogen (secondary N) is 2. The van der Waals surface area contributed by atoms with Gasteiger partial charge >= 0.3 is 11.7 Å². The van der Waals surface area contributed by atoms with Crippen LogP contribution in [0.2, 0.25) is 0 Å². The van der Waals surface area contributed by atoms with Crippen LogP contribution in [0.15, 0.2) is 14.6 Å². The Morgan fingerprint density at radius 2 is 2.16 bits per heavy atom. The van der Waals surface area contributed by atoms with Gasteiger partial charge in [0.1, 0.15) is 6.10 Å². The predicted octanol–water partition coefficient (Wildman–Crippen LogP) is -0.781. The van der Waals surface area contributed by atoms with Crippen LogP contribution in [0.3, 0.4) is 0 Å². The van der Waals surface area contributed by atoms with Crippen molar-refractivity contribution in [1.29, 1.82) is 0 Å². The van der Waals surface area contributed by atoms with Crippen LogP contribution < -0.4 is 17.0 Å². The summed E-state index contributed by atoms with van der Waals surface area (Å²) in [5.74, 6) is -0.605. The summed E-state index contributed by atoms with van der Waals surface area (Å²) in [5, 5.41) is 5.60. The van der Waals surface area contributed by atoms with Gasteiger partial charge in [-0.15, -0.1) is 0 Å². The summed E-state index contributed by atoms with van der Waals surface area (Å²) < 4.78 is 5.10. The van der Waals surface area contributed by atoms with Crippen LogP contribution in [0.4, 0.5) is 0 Å². The molecule has 9 heteroatoms. The zero-order valence-electron chi connectivity index (χ0n) is 10.9. The van der Waals surface area contributed by atoms with Crippen LogP contribution in [0, 0.1) is 0 Å². The number of hydrogen-bond acceptors (Lipinski definition) is 7. The van der Waals surface area contributed by atoms with E-state index in [-0.39, 0.29) is 10.8 Å². The molecule has 1 heterocycles. The number of esters is 1. The van der Waals surface area contributed by atoms with Crippen LogP contribution in [0.25, 0.3) is 0 Å². The zero-order chi connectivity index (χ0) is 14.6. The fraction of sp³-hybridized carbons (Fsp3) is 0.600. The summed E-state index contributed by atoms with van der Waals surface area (Å²) >= 11 is 0.876. The van der Waals surface area contributed by atoms with Gasteiger partial charge in [0.15, 0.2) is 5.03 Å². The van der Waals surface area contributed by atoms with Crippen molar-refractivity contribution in [3.8, 4) is 0 Å². The van der Waals surface area contributed by atoms with Gasteiger partial charge in [0.05, 0.1) is 5.75 Å². The Morgan fingerprint density at radius 1 is 1.53 bits per heavy atom. The number of rotatable bonds is 5. The summed E-state index contributed by atoms with van der Waals surface area (Å²) in [6, 6.07) is 0. The number of carbonyl (C=O) groups is 1. The van der Waals surface area contributed by atoms with E-state index in [0.29, 0.717) is 0 Å². The van der Waals surface area contributed by atoms with Crippen LogP contribution >= 0.6 is 11.8 Å². The van der Waals surface area contributed by atoms with Crippen molar-refractivity contribution in [2.75, 3.05) is 5.75 Å². The van der Waals surface area contributed by atoms with Crippen LogP contribution in [0.5, 0.6) is 0 Å². The molecule has 1 aromatic heterocycles. The number of thioether (sulfide) groups is 1. The van der Waals surface area contributed by atoms with E-state index in [1.807, 2.05) is 4.98 Å². The van der Waals surface area contributed by atoms with Crippen molar-refractivity contribution < 1.29 is 9.53 Å². The molecular formula is C10H16N4O4S. The molecule has 0 radical (unpaired) electrons. The molecule has 0 saturated carbocycles. The lowest BCUT2D eigenvalue weighted by atomic mass is 10.0. The first-order chi connectivity index (χ1) is 8.70. The summed E-state index contributed by atoms with van der Waals surface area (Å²) in [6.45, 7) is 5.17. The summed E-state index contributed by atoms with van der Waals surface area (Å²) in [6.07, 6.45) is -0.456. The van der Waals surface area contributed by atoms with Crippen LogP contribution in [-0.4, -0.2) is 38.5 Å². The Balaban J connectivity index is 2.55. The second-order valence-electron chi connectivity index (χ2n) is 4.55. The van der Waals surface area contributed by atoms with E-state index < -0.39 is 28.9 Å². The van der Waals surface area contributed by atoms with Gasteiger partial charge in [0.2, 0.25) is 0 Å². The van der Waals surface area contributed by atoms with Crippen molar-refractivity contribution >= 4 is 17.7 Å². The Bertz CT molecular complexity index is 560. The molecule has 1 aromatic rings. The molecule has 8 nitrogen and oxygen atoms in total. The number of ether oxygens (including phenoxy) is 1. The van der Waals surface area contributed by atoms with Gasteiger partial charge in [-0.25, -0.2) is 9.89 Å². The minimum atomic E-state index is -0.699. The molecule has 0 bridgehead atoms. The molecule has 0 fully saturated rings. The molecule has 0 saturated heterocycles. The van der Waals surface area contributed by atoms with Gasteiger partial charge in [-0.05, 0) is 20.8 Å². The largest absolute Gasteiger partial charge is 0.460 e. The van der Waals surface area contributed by atoms with Crippen LogP contribution in [-0.2, 0) is 9.53 Å². The van der Waals surface area contributed by atoms with Crippen LogP contribution in [0.1, 0.15) is 20.8 Å². The molecule has 0 aliphatic rings. The number of carbonyl (C=O) groups excluding carboxylic acids is 1. The Kier molecular flexibility index (Phi) is 4.90. The maximum atomic E-state index is 11.5. The maximum Gasteiger partial charge on any atom is 0.342 e. The highest BCUT2D eigenvalue weighted by atomic mass is 32.2. The first-order valence-corrected chi connectivity index (χ1v) is 6.49. The van der Waals surface area contributed by atoms with Crippen molar-refractivity contribution in [2.45, 2.75) is 37.4 Å². The van der Waals surface area contributed by atoms with Gasteiger partial charge in [0.25, 0.3) is 5.56 Å². The molecule has 1 atom stereocenters. The first kappa shape index (κ1) is 15.4. The minimum absolute atomic E-state index is 0.00351. The van der Waals surface area contributed by atoms with E-state index in [2.05, 4.69) is 10.2 Å². The number of aromatic amines is 2. The molecule has 0 aliphatic carbocycles. The maximum absolute atomic E-state index is 11.5. The zero-order valence-corrected chi connectivity index (χ0v) is 11.7. The molecule has 1 unspecified atom stereocenters. The summed E-state index contributed by atoms with van der Waals surface area (Å²) in [4.78, 5) is 35.6.